The minimum atomic E-state index is 0. The molecule has 2 N–H and O–H groups in total. The molecule has 0 spiro atoms. The molecule has 0 radical (unpaired) electrons. The summed E-state index contributed by atoms with van der Waals surface area (Å²) in [5, 5.41) is 8.40. The predicted molar refractivity (Wildman–Crippen MR) is 41.0 cm³/mol. The van der Waals surface area contributed by atoms with Gasteiger partial charge in [0.25, 0.3) is 0 Å². The molecule has 62 valence electrons. The molecule has 1 aromatic carbocycles. The summed E-state index contributed by atoms with van der Waals surface area (Å²) in [6.45, 7) is 0.429. The summed E-state index contributed by atoms with van der Waals surface area (Å²) in [5.74, 6) is 0.802. The Morgan fingerprint density at radius 1 is 1.17 bits per heavy atom. The number of aliphatic hydroxyl groups is 1. The zero-order chi connectivity index (χ0) is 7.23. The van der Waals surface area contributed by atoms with Crippen LogP contribution in [-0.4, -0.2) is 23.8 Å². The Hall–Kier alpha value is -0.0600. The second-order valence-electron chi connectivity index (χ2n) is 1.89. The smallest absolute Gasteiger partial charge is 0.870 e. The third-order valence-electron chi connectivity index (χ3n) is 1.10. The van der Waals surface area contributed by atoms with Gasteiger partial charge in [0.05, 0.1) is 6.61 Å². The molecule has 4 heteroatoms. The van der Waals surface area contributed by atoms with Crippen molar-refractivity contribution in [1.82, 2.24) is 0 Å². The van der Waals surface area contributed by atoms with Crippen molar-refractivity contribution < 1.29 is 44.9 Å². The molecule has 0 aliphatic carbocycles. The van der Waals surface area contributed by atoms with Crippen LogP contribution in [0.2, 0.25) is 0 Å². The van der Waals surface area contributed by atoms with Crippen LogP contribution in [0.1, 0.15) is 0 Å². The average Bonchev–Trinajstić information content (AvgIpc) is 2.03. The number of para-hydroxylation sites is 1. The molecular weight excluding hydrogens is 167 g/mol. The number of benzene rings is 1. The van der Waals surface area contributed by atoms with Gasteiger partial charge in [-0.2, -0.15) is 0 Å². The van der Waals surface area contributed by atoms with Crippen molar-refractivity contribution in [2.75, 3.05) is 13.2 Å². The van der Waals surface area contributed by atoms with Crippen LogP contribution in [0.4, 0.5) is 0 Å². The van der Waals surface area contributed by atoms with E-state index in [9.17, 15) is 0 Å². The van der Waals surface area contributed by atoms with E-state index in [4.69, 9.17) is 9.84 Å². The molecule has 0 saturated heterocycles. The van der Waals surface area contributed by atoms with Crippen LogP contribution < -0.4 is 34.3 Å². The summed E-state index contributed by atoms with van der Waals surface area (Å²) in [6.07, 6.45) is 0. The van der Waals surface area contributed by atoms with Gasteiger partial charge in [0, 0.05) is 0 Å². The van der Waals surface area contributed by atoms with Crippen molar-refractivity contribution in [3.8, 4) is 5.75 Å². The van der Waals surface area contributed by atoms with E-state index < -0.39 is 0 Å². The van der Waals surface area contributed by atoms with Gasteiger partial charge in [-0.3, -0.25) is 0 Å². The molecule has 0 aromatic heterocycles. The fraction of sp³-hybridized carbons (Fsp3) is 0.250. The Balaban J connectivity index is 0. The van der Waals surface area contributed by atoms with Crippen LogP contribution in [0.3, 0.4) is 0 Å². The second kappa shape index (κ2) is 9.03. The Morgan fingerprint density at radius 2 is 1.75 bits per heavy atom. The fourth-order valence-corrected chi connectivity index (χ4v) is 0.680. The number of aliphatic hydroxyl groups excluding tert-OH is 1. The van der Waals surface area contributed by atoms with Crippen LogP contribution in [0, 0.1) is 0 Å². The molecule has 0 saturated carbocycles. The van der Waals surface area contributed by atoms with E-state index in [1.165, 1.54) is 0 Å². The Labute approximate surface area is 94.0 Å². The zero-order valence-electron chi connectivity index (χ0n) is 7.10. The normalized spacial score (nSPS) is 7.75. The maximum absolute atomic E-state index is 8.40. The summed E-state index contributed by atoms with van der Waals surface area (Å²) in [7, 11) is 0. The van der Waals surface area contributed by atoms with Crippen molar-refractivity contribution in [2.45, 2.75) is 0 Å². The first kappa shape index (κ1) is 14.5. The molecule has 12 heavy (non-hydrogen) atoms. The molecule has 0 atom stereocenters. The molecule has 3 nitrogen and oxygen atoms in total. The van der Waals surface area contributed by atoms with Gasteiger partial charge < -0.3 is 15.3 Å². The van der Waals surface area contributed by atoms with Crippen molar-refractivity contribution in [2.24, 2.45) is 0 Å². The van der Waals surface area contributed by atoms with Crippen molar-refractivity contribution in [3.63, 3.8) is 0 Å². The number of ether oxygens (including phenoxy) is 1. The fourth-order valence-electron chi connectivity index (χ4n) is 0.680. The average molecular weight is 178 g/mol. The first-order valence-electron chi connectivity index (χ1n) is 3.22. The molecule has 0 aliphatic heterocycles. The minimum Gasteiger partial charge on any atom is -0.870 e. The van der Waals surface area contributed by atoms with Gasteiger partial charge in [-0.25, -0.2) is 0 Å². The topological polar surface area (TPSA) is 59.5 Å². The van der Waals surface area contributed by atoms with Gasteiger partial charge in [-0.1, -0.05) is 18.2 Å². The standard InChI is InChI=1S/C8H10O2.Na.H2O/c9-6-7-10-8-4-2-1-3-5-8;;/h1-5,9H,6-7H2;;1H2/q;+1;/p-1. The first-order chi connectivity index (χ1) is 4.93. The van der Waals surface area contributed by atoms with Crippen molar-refractivity contribution >= 4 is 0 Å². The molecule has 0 heterocycles. The van der Waals surface area contributed by atoms with Gasteiger partial charge in [-0.15, -0.1) is 0 Å². The monoisotopic (exact) mass is 178 g/mol. The summed E-state index contributed by atoms with van der Waals surface area (Å²) in [5.41, 5.74) is 0. The summed E-state index contributed by atoms with van der Waals surface area (Å²) in [6, 6.07) is 9.43. The largest absolute Gasteiger partial charge is 1.00 e. The van der Waals surface area contributed by atoms with E-state index in [0.717, 1.165) is 5.75 Å². The first-order valence-corrected chi connectivity index (χ1v) is 3.22. The SMILES string of the molecule is OCCOc1ccccc1.[Na+].[OH-]. The summed E-state index contributed by atoms with van der Waals surface area (Å²) >= 11 is 0. The van der Waals surface area contributed by atoms with Gasteiger partial charge >= 0.3 is 29.6 Å². The van der Waals surface area contributed by atoms with Gasteiger partial charge in [0.15, 0.2) is 0 Å². The number of hydrogen-bond donors (Lipinski definition) is 1. The molecule has 0 bridgehead atoms. The number of hydrogen-bond acceptors (Lipinski definition) is 3. The van der Waals surface area contributed by atoms with Crippen LogP contribution in [0.25, 0.3) is 0 Å². The zero-order valence-corrected chi connectivity index (χ0v) is 9.10. The molecule has 0 aliphatic rings. The molecule has 1 aromatic rings. The molecule has 0 fully saturated rings. The Kier molecular flexibility index (Phi) is 10.9. The van der Waals surface area contributed by atoms with Crippen LogP contribution in [0.15, 0.2) is 30.3 Å². The van der Waals surface area contributed by atoms with Gasteiger partial charge in [0.1, 0.15) is 12.4 Å². The molecule has 0 amide bonds. The second-order valence-corrected chi connectivity index (χ2v) is 1.89. The van der Waals surface area contributed by atoms with Gasteiger partial charge in [0.2, 0.25) is 0 Å². The van der Waals surface area contributed by atoms with E-state index in [1.807, 2.05) is 30.3 Å². The maximum Gasteiger partial charge on any atom is 1.00 e. The number of rotatable bonds is 3. The Bertz CT molecular complexity index is 179. The quantitative estimate of drug-likeness (QED) is 0.539. The van der Waals surface area contributed by atoms with Gasteiger partial charge in [-0.05, 0) is 12.1 Å². The maximum atomic E-state index is 8.40. The van der Waals surface area contributed by atoms with E-state index in [-0.39, 0.29) is 41.6 Å². The Morgan fingerprint density at radius 3 is 2.25 bits per heavy atom. The molecule has 0 unspecified atom stereocenters. The third-order valence-corrected chi connectivity index (χ3v) is 1.10. The molecule has 1 rings (SSSR count). The van der Waals surface area contributed by atoms with E-state index in [0.29, 0.717) is 6.61 Å². The minimum absolute atomic E-state index is 0. The van der Waals surface area contributed by atoms with E-state index in [1.54, 1.807) is 0 Å². The molecular formula is C8H11NaO3. The third kappa shape index (κ3) is 5.57. The van der Waals surface area contributed by atoms with E-state index >= 15 is 0 Å². The van der Waals surface area contributed by atoms with E-state index in [2.05, 4.69) is 0 Å². The van der Waals surface area contributed by atoms with Crippen LogP contribution in [-0.2, 0) is 0 Å². The summed E-state index contributed by atoms with van der Waals surface area (Å²) in [4.78, 5) is 0. The van der Waals surface area contributed by atoms with Crippen molar-refractivity contribution in [3.05, 3.63) is 30.3 Å². The summed E-state index contributed by atoms with van der Waals surface area (Å²) < 4.78 is 5.11. The predicted octanol–water partition coefficient (Wildman–Crippen LogP) is -2.12. The van der Waals surface area contributed by atoms with Crippen molar-refractivity contribution in [1.29, 1.82) is 0 Å². The van der Waals surface area contributed by atoms with Crippen LogP contribution in [0.5, 0.6) is 5.75 Å². The van der Waals surface area contributed by atoms with Crippen LogP contribution >= 0.6 is 0 Å².